The van der Waals surface area contributed by atoms with Crippen molar-refractivity contribution in [1.82, 2.24) is 21.7 Å². The van der Waals surface area contributed by atoms with E-state index >= 15 is 0 Å². The SMILES string of the molecule is COc1ccc(CNC(=O)C2NNNC2Nc2ccc(C)c(C)c2)c(OC)c1. The Kier molecular flexibility index (Phi) is 6.35. The van der Waals surface area contributed by atoms with Crippen molar-refractivity contribution in [2.45, 2.75) is 32.6 Å². The Hall–Kier alpha value is -2.81. The minimum absolute atomic E-state index is 0.142. The Balaban J connectivity index is 1.62. The molecular weight excluding hydrogens is 358 g/mol. The van der Waals surface area contributed by atoms with Crippen LogP contribution in [0.4, 0.5) is 5.69 Å². The van der Waals surface area contributed by atoms with Gasteiger partial charge in [0.15, 0.2) is 0 Å². The van der Waals surface area contributed by atoms with E-state index in [4.69, 9.17) is 9.47 Å². The highest BCUT2D eigenvalue weighted by molar-refractivity contribution is 5.83. The van der Waals surface area contributed by atoms with Crippen molar-refractivity contribution >= 4 is 11.6 Å². The Labute approximate surface area is 164 Å². The molecule has 0 saturated carbocycles. The maximum Gasteiger partial charge on any atom is 0.242 e. The van der Waals surface area contributed by atoms with Gasteiger partial charge in [-0.25, -0.2) is 10.9 Å². The summed E-state index contributed by atoms with van der Waals surface area (Å²) in [5.41, 5.74) is 13.0. The van der Waals surface area contributed by atoms with Crippen LogP contribution in [0.1, 0.15) is 16.7 Å². The standard InChI is InChI=1S/C20H27N5O3/c1-12-5-7-15(9-13(12)2)22-19-18(23-25-24-19)20(26)21-11-14-6-8-16(27-3)10-17(14)28-4/h5-10,18-19,22-25H,11H2,1-4H3,(H,21,26). The second kappa shape index (κ2) is 8.92. The van der Waals surface area contributed by atoms with Crippen LogP contribution < -0.4 is 36.5 Å². The van der Waals surface area contributed by atoms with E-state index < -0.39 is 6.04 Å². The number of rotatable bonds is 7. The maximum absolute atomic E-state index is 12.7. The number of ether oxygens (including phenoxy) is 2. The minimum atomic E-state index is -0.495. The Morgan fingerprint density at radius 1 is 1.04 bits per heavy atom. The highest BCUT2D eigenvalue weighted by Gasteiger charge is 2.32. The first-order valence-corrected chi connectivity index (χ1v) is 9.10. The number of carbonyl (C=O) groups is 1. The molecule has 1 amide bonds. The molecule has 2 unspecified atom stereocenters. The summed E-state index contributed by atoms with van der Waals surface area (Å²) in [6.45, 7) is 4.48. The molecule has 1 heterocycles. The van der Waals surface area contributed by atoms with Gasteiger partial charge in [-0.1, -0.05) is 6.07 Å². The van der Waals surface area contributed by atoms with Crippen molar-refractivity contribution in [2.24, 2.45) is 0 Å². The third-order valence-electron chi connectivity index (χ3n) is 4.85. The van der Waals surface area contributed by atoms with Gasteiger partial charge in [0, 0.05) is 23.9 Å². The first-order chi connectivity index (χ1) is 13.5. The van der Waals surface area contributed by atoms with Crippen LogP contribution >= 0.6 is 0 Å². The van der Waals surface area contributed by atoms with Crippen LogP contribution in [-0.4, -0.2) is 32.3 Å². The molecule has 0 aliphatic carbocycles. The van der Waals surface area contributed by atoms with Crippen LogP contribution in [0.3, 0.4) is 0 Å². The molecule has 150 valence electrons. The van der Waals surface area contributed by atoms with Crippen LogP contribution in [0.2, 0.25) is 0 Å². The third-order valence-corrected chi connectivity index (χ3v) is 4.85. The van der Waals surface area contributed by atoms with E-state index in [2.05, 4.69) is 53.0 Å². The van der Waals surface area contributed by atoms with Gasteiger partial charge < -0.3 is 20.1 Å². The number of hydrogen-bond acceptors (Lipinski definition) is 7. The van der Waals surface area contributed by atoms with Crippen LogP contribution in [0.25, 0.3) is 0 Å². The molecule has 1 saturated heterocycles. The van der Waals surface area contributed by atoms with E-state index in [1.165, 1.54) is 11.1 Å². The quantitative estimate of drug-likeness (QED) is 0.491. The average Bonchev–Trinajstić information content (AvgIpc) is 3.17. The number of benzene rings is 2. The molecule has 2 aromatic rings. The lowest BCUT2D eigenvalue weighted by molar-refractivity contribution is -0.123. The number of nitrogens with one attached hydrogen (secondary N) is 5. The first kappa shape index (κ1) is 19.9. The summed E-state index contributed by atoms with van der Waals surface area (Å²) < 4.78 is 10.6. The maximum atomic E-state index is 12.7. The van der Waals surface area contributed by atoms with Crippen molar-refractivity contribution in [1.29, 1.82) is 0 Å². The van der Waals surface area contributed by atoms with Gasteiger partial charge in [0.1, 0.15) is 23.7 Å². The zero-order valence-electron chi connectivity index (χ0n) is 16.6. The summed E-state index contributed by atoms with van der Waals surface area (Å²) in [7, 11) is 3.20. The fourth-order valence-corrected chi connectivity index (χ4v) is 3.00. The Morgan fingerprint density at radius 3 is 2.57 bits per heavy atom. The molecule has 1 fully saturated rings. The topological polar surface area (TPSA) is 95.7 Å². The predicted octanol–water partition coefficient (Wildman–Crippen LogP) is 1.36. The molecule has 0 aromatic heterocycles. The molecule has 2 aromatic carbocycles. The van der Waals surface area contributed by atoms with Crippen molar-refractivity contribution in [3.8, 4) is 11.5 Å². The van der Waals surface area contributed by atoms with Crippen LogP contribution in [0.5, 0.6) is 11.5 Å². The Morgan fingerprint density at radius 2 is 1.86 bits per heavy atom. The van der Waals surface area contributed by atoms with Crippen molar-refractivity contribution in [3.63, 3.8) is 0 Å². The molecule has 2 atom stereocenters. The van der Waals surface area contributed by atoms with Gasteiger partial charge in [0.25, 0.3) is 0 Å². The summed E-state index contributed by atoms with van der Waals surface area (Å²) in [6, 6.07) is 11.1. The van der Waals surface area contributed by atoms with Gasteiger partial charge in [-0.05, 0) is 49.2 Å². The molecule has 3 rings (SSSR count). The first-order valence-electron chi connectivity index (χ1n) is 9.10. The molecule has 0 radical (unpaired) electrons. The number of aryl methyl sites for hydroxylation is 2. The molecule has 8 nitrogen and oxygen atoms in total. The lowest BCUT2D eigenvalue weighted by Gasteiger charge is -2.21. The van der Waals surface area contributed by atoms with Crippen LogP contribution in [0.15, 0.2) is 36.4 Å². The number of amides is 1. The largest absolute Gasteiger partial charge is 0.497 e. The minimum Gasteiger partial charge on any atom is -0.497 e. The van der Waals surface area contributed by atoms with Crippen LogP contribution in [0, 0.1) is 13.8 Å². The molecule has 8 heteroatoms. The molecule has 1 aliphatic rings. The fraction of sp³-hybridized carbons (Fsp3) is 0.350. The lowest BCUT2D eigenvalue weighted by Crippen LogP contribution is -2.50. The summed E-state index contributed by atoms with van der Waals surface area (Å²) in [6.07, 6.45) is -0.306. The lowest BCUT2D eigenvalue weighted by atomic mass is 10.1. The van der Waals surface area contributed by atoms with E-state index in [-0.39, 0.29) is 12.1 Å². The number of carbonyl (C=O) groups excluding carboxylic acids is 1. The normalized spacial score (nSPS) is 18.6. The monoisotopic (exact) mass is 385 g/mol. The predicted molar refractivity (Wildman–Crippen MR) is 108 cm³/mol. The summed E-state index contributed by atoms with van der Waals surface area (Å²) >= 11 is 0. The smallest absolute Gasteiger partial charge is 0.242 e. The van der Waals surface area contributed by atoms with Crippen molar-refractivity contribution in [2.75, 3.05) is 19.5 Å². The van der Waals surface area contributed by atoms with Gasteiger partial charge in [-0.15, -0.1) is 0 Å². The van der Waals surface area contributed by atoms with Crippen molar-refractivity contribution < 1.29 is 14.3 Å². The van der Waals surface area contributed by atoms with Gasteiger partial charge in [-0.2, -0.15) is 5.53 Å². The average molecular weight is 385 g/mol. The zero-order chi connectivity index (χ0) is 20.1. The molecule has 5 N–H and O–H groups in total. The summed E-state index contributed by atoms with van der Waals surface area (Å²) in [5, 5.41) is 6.28. The van der Waals surface area contributed by atoms with Crippen molar-refractivity contribution in [3.05, 3.63) is 53.1 Å². The third kappa shape index (κ3) is 4.53. The van der Waals surface area contributed by atoms with E-state index in [1.54, 1.807) is 20.3 Å². The number of hydrogen-bond donors (Lipinski definition) is 5. The van der Waals surface area contributed by atoms with E-state index in [0.29, 0.717) is 18.0 Å². The van der Waals surface area contributed by atoms with E-state index in [0.717, 1.165) is 11.3 Å². The number of hydrazine groups is 2. The highest BCUT2D eigenvalue weighted by atomic mass is 16.5. The second-order valence-electron chi connectivity index (χ2n) is 6.71. The molecular formula is C20H27N5O3. The molecule has 28 heavy (non-hydrogen) atoms. The fourth-order valence-electron chi connectivity index (χ4n) is 3.00. The van der Waals surface area contributed by atoms with E-state index in [1.807, 2.05) is 18.2 Å². The van der Waals surface area contributed by atoms with E-state index in [9.17, 15) is 4.79 Å². The van der Waals surface area contributed by atoms with Crippen LogP contribution in [-0.2, 0) is 11.3 Å². The molecule has 1 aliphatic heterocycles. The zero-order valence-corrected chi connectivity index (χ0v) is 16.6. The van der Waals surface area contributed by atoms with Gasteiger partial charge >= 0.3 is 0 Å². The Bertz CT molecular complexity index is 843. The second-order valence-corrected chi connectivity index (χ2v) is 6.71. The molecule has 0 bridgehead atoms. The number of methoxy groups -OCH3 is 2. The van der Waals surface area contributed by atoms with Gasteiger partial charge in [0.2, 0.25) is 5.91 Å². The van der Waals surface area contributed by atoms with Gasteiger partial charge in [-0.3, -0.25) is 4.79 Å². The molecule has 0 spiro atoms. The number of anilines is 1. The summed E-state index contributed by atoms with van der Waals surface area (Å²) in [5.74, 6) is 1.23. The van der Waals surface area contributed by atoms with Gasteiger partial charge in [0.05, 0.1) is 14.2 Å². The summed E-state index contributed by atoms with van der Waals surface area (Å²) in [4.78, 5) is 12.7. The highest BCUT2D eigenvalue weighted by Crippen LogP contribution is 2.24.